The Morgan fingerprint density at radius 1 is 0.941 bits per heavy atom. The van der Waals surface area contributed by atoms with E-state index in [0.717, 1.165) is 13.1 Å². The van der Waals surface area contributed by atoms with Crippen molar-refractivity contribution in [2.24, 2.45) is 0 Å². The van der Waals surface area contributed by atoms with Crippen LogP contribution in [0.25, 0.3) is 0 Å². The highest BCUT2D eigenvalue weighted by Crippen LogP contribution is 1.95. The van der Waals surface area contributed by atoms with E-state index >= 15 is 0 Å². The van der Waals surface area contributed by atoms with Gasteiger partial charge in [0.2, 0.25) is 0 Å². The summed E-state index contributed by atoms with van der Waals surface area (Å²) in [6.07, 6.45) is 0. The van der Waals surface area contributed by atoms with Gasteiger partial charge in [-0.2, -0.15) is 0 Å². The topological polar surface area (TPSA) is 62.2 Å². The van der Waals surface area contributed by atoms with E-state index in [1.54, 1.807) is 0 Å². The molecule has 0 aliphatic heterocycles. The molecule has 0 aliphatic carbocycles. The molecule has 0 aromatic heterocycles. The van der Waals surface area contributed by atoms with Gasteiger partial charge in [-0.1, -0.05) is 0 Å². The number of hydrogen-bond donors (Lipinski definition) is 2. The van der Waals surface area contributed by atoms with Crippen molar-refractivity contribution in [3.8, 4) is 0 Å². The Bertz CT molecular complexity index is 179. The van der Waals surface area contributed by atoms with E-state index in [1.165, 1.54) is 0 Å². The second-order valence-corrected chi connectivity index (χ2v) is 4.78. The Labute approximate surface area is 104 Å². The van der Waals surface area contributed by atoms with Crippen LogP contribution in [0.3, 0.4) is 0 Å². The van der Waals surface area contributed by atoms with Crippen molar-refractivity contribution >= 4 is 0 Å². The molecule has 0 atom stereocenters. The highest BCUT2D eigenvalue weighted by atomic mass is 17.2. The molecule has 0 heterocycles. The minimum absolute atomic E-state index is 0.157. The van der Waals surface area contributed by atoms with E-state index in [9.17, 15) is 0 Å². The van der Waals surface area contributed by atoms with E-state index < -0.39 is 0 Å². The normalized spacial score (nSPS) is 12.4. The van der Waals surface area contributed by atoms with Gasteiger partial charge in [0.25, 0.3) is 0 Å². The Balaban J connectivity index is 3.34. The number of likely N-dealkylation sites (N-methyl/N-ethyl adjacent to an activating group) is 2. The first-order valence-electron chi connectivity index (χ1n) is 5.98. The molecule has 0 unspecified atom stereocenters. The first-order valence-corrected chi connectivity index (χ1v) is 5.98. The summed E-state index contributed by atoms with van der Waals surface area (Å²) in [5.74, 6) is 0. The van der Waals surface area contributed by atoms with Gasteiger partial charge in [0.15, 0.2) is 0 Å². The molecule has 0 aromatic rings. The third kappa shape index (κ3) is 10.6. The van der Waals surface area contributed by atoms with Crippen LogP contribution >= 0.6 is 0 Å². The van der Waals surface area contributed by atoms with Crippen molar-refractivity contribution < 1.29 is 24.5 Å². The molecule has 6 heteroatoms. The fourth-order valence-corrected chi connectivity index (χ4v) is 1.26. The molecule has 104 valence electrons. The maximum absolute atomic E-state index is 8.84. The minimum Gasteiger partial charge on any atom is -0.395 e. The van der Waals surface area contributed by atoms with E-state index in [-0.39, 0.29) is 13.2 Å². The minimum atomic E-state index is 0.157. The fraction of sp³-hybridized carbons (Fsp3) is 1.00. The smallest absolute Gasteiger partial charge is 0.131 e. The van der Waals surface area contributed by atoms with Crippen LogP contribution in [0, 0.1) is 0 Å². The van der Waals surface area contributed by atoms with E-state index in [4.69, 9.17) is 20.0 Å². The van der Waals surface area contributed by atoms with Crippen LogP contribution in [0.2, 0.25) is 0 Å². The first-order chi connectivity index (χ1) is 8.02. The predicted octanol–water partition coefficient (Wildman–Crippen LogP) is -1.07. The molecule has 0 aliphatic rings. The molecule has 0 fully saturated rings. The summed E-state index contributed by atoms with van der Waals surface area (Å²) in [7, 11) is 5.99. The highest BCUT2D eigenvalue weighted by molar-refractivity contribution is 4.46. The Morgan fingerprint density at radius 2 is 1.59 bits per heavy atom. The molecule has 2 N–H and O–H groups in total. The summed E-state index contributed by atoms with van der Waals surface area (Å²) >= 11 is 0. The first kappa shape index (κ1) is 16.8. The summed E-state index contributed by atoms with van der Waals surface area (Å²) in [5.41, 5.74) is 0. The van der Waals surface area contributed by atoms with Crippen LogP contribution in [0.4, 0.5) is 0 Å². The Morgan fingerprint density at radius 3 is 2.18 bits per heavy atom. The lowest BCUT2D eigenvalue weighted by molar-refractivity contribution is -0.892. The van der Waals surface area contributed by atoms with Gasteiger partial charge in [-0.3, -0.25) is 0 Å². The summed E-state index contributed by atoms with van der Waals surface area (Å²) in [6.45, 7) is 4.22. The summed E-state index contributed by atoms with van der Waals surface area (Å²) in [4.78, 5) is 12.1. The number of aliphatic hydroxyl groups excluding tert-OH is 2. The van der Waals surface area contributed by atoms with E-state index in [0.29, 0.717) is 30.8 Å². The molecule has 0 saturated carbocycles. The van der Waals surface area contributed by atoms with Gasteiger partial charge in [0.1, 0.15) is 19.7 Å². The van der Waals surface area contributed by atoms with Gasteiger partial charge < -0.3 is 19.6 Å². The van der Waals surface area contributed by atoms with Crippen LogP contribution in [0.15, 0.2) is 0 Å². The lowest BCUT2D eigenvalue weighted by Crippen LogP contribution is -2.44. The van der Waals surface area contributed by atoms with Crippen molar-refractivity contribution in [3.05, 3.63) is 0 Å². The van der Waals surface area contributed by atoms with E-state index in [2.05, 4.69) is 0 Å². The molecule has 0 rings (SSSR count). The molecular formula is C11H27N2O4+. The average molecular weight is 251 g/mol. The second kappa shape index (κ2) is 9.76. The van der Waals surface area contributed by atoms with Crippen molar-refractivity contribution in [2.75, 3.05) is 73.7 Å². The van der Waals surface area contributed by atoms with Crippen LogP contribution in [-0.2, 0) is 9.78 Å². The standard InChI is InChI=1S/C11H27N2O4/c1-12(4-8-14)5-10-16-17-11-7-13(2,3)6-9-15/h14-15H,4-11H2,1-3H3/q+1. The monoisotopic (exact) mass is 251 g/mol. The molecule has 0 spiro atoms. The maximum atomic E-state index is 8.84. The second-order valence-electron chi connectivity index (χ2n) is 4.78. The predicted molar refractivity (Wildman–Crippen MR) is 65.4 cm³/mol. The van der Waals surface area contributed by atoms with Crippen LogP contribution in [-0.4, -0.2) is 93.3 Å². The lowest BCUT2D eigenvalue weighted by atomic mass is 10.4. The van der Waals surface area contributed by atoms with Gasteiger partial charge in [-0.15, -0.1) is 0 Å². The van der Waals surface area contributed by atoms with E-state index in [1.807, 2.05) is 26.0 Å². The van der Waals surface area contributed by atoms with Crippen LogP contribution < -0.4 is 0 Å². The van der Waals surface area contributed by atoms with Gasteiger partial charge in [0.05, 0.1) is 33.9 Å². The largest absolute Gasteiger partial charge is 0.395 e. The van der Waals surface area contributed by atoms with Crippen molar-refractivity contribution in [1.82, 2.24) is 4.90 Å². The number of hydrogen-bond acceptors (Lipinski definition) is 5. The molecule has 0 saturated heterocycles. The summed E-state index contributed by atoms with van der Waals surface area (Å²) in [5, 5.41) is 17.5. The van der Waals surface area contributed by atoms with Crippen LogP contribution in [0.5, 0.6) is 0 Å². The molecule has 0 bridgehead atoms. The van der Waals surface area contributed by atoms with Gasteiger partial charge in [0, 0.05) is 13.1 Å². The third-order valence-corrected chi connectivity index (χ3v) is 2.61. The van der Waals surface area contributed by atoms with Crippen molar-refractivity contribution in [3.63, 3.8) is 0 Å². The number of nitrogens with zero attached hydrogens (tertiary/aromatic N) is 2. The Kier molecular flexibility index (Phi) is 9.62. The highest BCUT2D eigenvalue weighted by Gasteiger charge is 2.13. The number of rotatable bonds is 11. The van der Waals surface area contributed by atoms with Gasteiger partial charge >= 0.3 is 0 Å². The zero-order chi connectivity index (χ0) is 13.1. The lowest BCUT2D eigenvalue weighted by Gasteiger charge is -2.28. The van der Waals surface area contributed by atoms with Gasteiger partial charge in [-0.05, 0) is 7.05 Å². The molecule has 0 radical (unpaired) electrons. The van der Waals surface area contributed by atoms with Gasteiger partial charge in [-0.25, -0.2) is 9.78 Å². The van der Waals surface area contributed by atoms with Crippen LogP contribution in [0.1, 0.15) is 0 Å². The van der Waals surface area contributed by atoms with Crippen molar-refractivity contribution in [2.45, 2.75) is 0 Å². The SMILES string of the molecule is CN(CCO)CCOOCC[N+](C)(C)CCO. The molecule has 6 nitrogen and oxygen atoms in total. The molecular weight excluding hydrogens is 224 g/mol. The number of aliphatic hydroxyl groups is 2. The zero-order valence-electron chi connectivity index (χ0n) is 11.3. The fourth-order valence-electron chi connectivity index (χ4n) is 1.26. The van der Waals surface area contributed by atoms with Crippen molar-refractivity contribution in [1.29, 1.82) is 0 Å². The zero-order valence-corrected chi connectivity index (χ0v) is 11.3. The summed E-state index contributed by atoms with van der Waals surface area (Å²) < 4.78 is 0.713. The molecule has 0 aromatic carbocycles. The third-order valence-electron chi connectivity index (χ3n) is 2.61. The Hall–Kier alpha value is -0.240. The number of quaternary nitrogens is 1. The summed E-state index contributed by atoms with van der Waals surface area (Å²) in [6, 6.07) is 0. The molecule has 17 heavy (non-hydrogen) atoms. The quantitative estimate of drug-likeness (QED) is 0.212. The molecule has 0 amide bonds. The average Bonchev–Trinajstić information content (AvgIpc) is 2.23. The maximum Gasteiger partial charge on any atom is 0.131 e.